The van der Waals surface area contributed by atoms with Crippen molar-refractivity contribution in [2.45, 2.75) is 6.42 Å². The molecule has 2 aromatic carbocycles. The molecule has 4 nitrogen and oxygen atoms in total. The van der Waals surface area contributed by atoms with Gasteiger partial charge in [-0.25, -0.2) is 4.39 Å². The summed E-state index contributed by atoms with van der Waals surface area (Å²) in [4.78, 5) is 0. The molecule has 2 aromatic heterocycles. The van der Waals surface area contributed by atoms with Crippen molar-refractivity contribution in [3.05, 3.63) is 82.4 Å². The molecule has 2 heterocycles. The number of rotatable bonds is 4. The smallest absolute Gasteiger partial charge is 0.240 e. The Labute approximate surface area is 154 Å². The summed E-state index contributed by atoms with van der Waals surface area (Å²) in [6.45, 7) is 0. The lowest BCUT2D eigenvalue weighted by atomic mass is 10.1. The van der Waals surface area contributed by atoms with Gasteiger partial charge in [0.1, 0.15) is 5.82 Å². The summed E-state index contributed by atoms with van der Waals surface area (Å²) in [6.07, 6.45) is 6.01. The van der Waals surface area contributed by atoms with E-state index in [0.717, 1.165) is 11.1 Å². The zero-order valence-electron chi connectivity index (χ0n) is 14.0. The highest BCUT2D eigenvalue weighted by atomic mass is 35.5. The van der Waals surface area contributed by atoms with Crippen LogP contribution in [0.1, 0.15) is 22.9 Å². The van der Waals surface area contributed by atoms with Crippen molar-refractivity contribution in [1.82, 2.24) is 14.8 Å². The van der Waals surface area contributed by atoms with Gasteiger partial charge in [0, 0.05) is 30.2 Å². The number of fused-ring (bicyclic) bond motifs is 1. The van der Waals surface area contributed by atoms with Gasteiger partial charge >= 0.3 is 0 Å². The summed E-state index contributed by atoms with van der Waals surface area (Å²) >= 11 is 6.01. The summed E-state index contributed by atoms with van der Waals surface area (Å²) in [7, 11) is 2.01. The highest BCUT2D eigenvalue weighted by Crippen LogP contribution is 2.23. The molecule has 0 bridgehead atoms. The van der Waals surface area contributed by atoms with Gasteiger partial charge in [-0.05, 0) is 35.4 Å². The SMILES string of the molecule is Cn1cc(Cc2nnc(/C=C/c3ccc(F)cc3Cl)o2)c2ccccc21. The van der Waals surface area contributed by atoms with Crippen molar-refractivity contribution < 1.29 is 8.81 Å². The summed E-state index contributed by atoms with van der Waals surface area (Å²) in [6, 6.07) is 12.4. The molecule has 0 aliphatic carbocycles. The van der Waals surface area contributed by atoms with Gasteiger partial charge < -0.3 is 8.98 Å². The summed E-state index contributed by atoms with van der Waals surface area (Å²) in [5.74, 6) is 0.536. The van der Waals surface area contributed by atoms with Gasteiger partial charge in [-0.2, -0.15) is 0 Å². The number of nitrogens with zero attached hydrogens (tertiary/aromatic N) is 3. The fourth-order valence-electron chi connectivity index (χ4n) is 2.93. The zero-order chi connectivity index (χ0) is 18.1. The molecule has 130 valence electrons. The van der Waals surface area contributed by atoms with E-state index in [1.807, 2.05) is 19.2 Å². The Morgan fingerprint density at radius 1 is 1.15 bits per heavy atom. The van der Waals surface area contributed by atoms with Crippen molar-refractivity contribution in [2.75, 3.05) is 0 Å². The first-order valence-electron chi connectivity index (χ1n) is 8.08. The summed E-state index contributed by atoms with van der Waals surface area (Å²) < 4.78 is 20.9. The van der Waals surface area contributed by atoms with Gasteiger partial charge in [0.15, 0.2) is 0 Å². The van der Waals surface area contributed by atoms with E-state index in [1.165, 1.54) is 17.5 Å². The fraction of sp³-hybridized carbons (Fsp3) is 0.100. The monoisotopic (exact) mass is 367 g/mol. The van der Waals surface area contributed by atoms with Crippen molar-refractivity contribution in [3.8, 4) is 0 Å². The molecule has 0 aliphatic rings. The van der Waals surface area contributed by atoms with Crippen LogP contribution in [-0.4, -0.2) is 14.8 Å². The number of para-hydroxylation sites is 1. The van der Waals surface area contributed by atoms with Gasteiger partial charge in [-0.1, -0.05) is 35.9 Å². The lowest BCUT2D eigenvalue weighted by Gasteiger charge is -1.96. The Bertz CT molecular complexity index is 1110. The third-order valence-corrected chi connectivity index (χ3v) is 4.50. The Balaban J connectivity index is 1.55. The molecular weight excluding hydrogens is 353 g/mol. The molecule has 0 amide bonds. The van der Waals surface area contributed by atoms with Crippen LogP contribution >= 0.6 is 11.6 Å². The molecule has 26 heavy (non-hydrogen) atoms. The van der Waals surface area contributed by atoms with Crippen molar-refractivity contribution in [1.29, 1.82) is 0 Å². The topological polar surface area (TPSA) is 43.9 Å². The number of halogens is 2. The van der Waals surface area contributed by atoms with Crippen LogP contribution in [-0.2, 0) is 13.5 Å². The maximum Gasteiger partial charge on any atom is 0.240 e. The number of aromatic nitrogens is 3. The van der Waals surface area contributed by atoms with E-state index < -0.39 is 0 Å². The Hall–Kier alpha value is -2.92. The van der Waals surface area contributed by atoms with Crippen molar-refractivity contribution in [2.24, 2.45) is 7.05 Å². The molecule has 0 unspecified atom stereocenters. The Morgan fingerprint density at radius 2 is 2.00 bits per heavy atom. The highest BCUT2D eigenvalue weighted by molar-refractivity contribution is 6.32. The minimum atomic E-state index is -0.373. The molecule has 4 aromatic rings. The molecule has 0 atom stereocenters. The number of hydrogen-bond donors (Lipinski definition) is 0. The maximum atomic E-state index is 13.1. The van der Waals surface area contributed by atoms with E-state index in [-0.39, 0.29) is 5.82 Å². The van der Waals surface area contributed by atoms with Crippen molar-refractivity contribution >= 4 is 34.7 Å². The summed E-state index contributed by atoms with van der Waals surface area (Å²) in [5.41, 5.74) is 2.97. The lowest BCUT2D eigenvalue weighted by molar-refractivity contribution is 0.497. The predicted molar refractivity (Wildman–Crippen MR) is 100 cm³/mol. The first-order valence-corrected chi connectivity index (χ1v) is 8.46. The van der Waals surface area contributed by atoms with Gasteiger partial charge in [-0.3, -0.25) is 0 Å². The van der Waals surface area contributed by atoms with Crippen LogP contribution in [0.15, 0.2) is 53.1 Å². The van der Waals surface area contributed by atoms with Crippen LogP contribution in [0.2, 0.25) is 5.02 Å². The van der Waals surface area contributed by atoms with E-state index in [4.69, 9.17) is 16.0 Å². The third-order valence-electron chi connectivity index (χ3n) is 4.17. The average molecular weight is 368 g/mol. The van der Waals surface area contributed by atoms with Crippen LogP contribution < -0.4 is 0 Å². The van der Waals surface area contributed by atoms with E-state index in [2.05, 4.69) is 33.1 Å². The van der Waals surface area contributed by atoms with Crippen LogP contribution in [0.3, 0.4) is 0 Å². The number of aryl methyl sites for hydroxylation is 1. The molecule has 0 saturated carbocycles. The van der Waals surface area contributed by atoms with Crippen LogP contribution in [0.4, 0.5) is 4.39 Å². The minimum Gasteiger partial charge on any atom is -0.421 e. The molecule has 6 heteroatoms. The Kier molecular flexibility index (Phi) is 4.31. The highest BCUT2D eigenvalue weighted by Gasteiger charge is 2.11. The van der Waals surface area contributed by atoms with Gasteiger partial charge in [0.25, 0.3) is 0 Å². The molecule has 0 fully saturated rings. The predicted octanol–water partition coefficient (Wildman–Crippen LogP) is 5.12. The summed E-state index contributed by atoms with van der Waals surface area (Å²) in [5, 5.41) is 9.64. The van der Waals surface area contributed by atoms with Gasteiger partial charge in [-0.15, -0.1) is 10.2 Å². The zero-order valence-corrected chi connectivity index (χ0v) is 14.7. The van der Waals surface area contributed by atoms with E-state index in [0.29, 0.717) is 28.8 Å². The van der Waals surface area contributed by atoms with Crippen molar-refractivity contribution in [3.63, 3.8) is 0 Å². The first kappa shape index (κ1) is 16.5. The average Bonchev–Trinajstić information content (AvgIpc) is 3.20. The number of benzene rings is 2. The minimum absolute atomic E-state index is 0.330. The van der Waals surface area contributed by atoms with Crippen LogP contribution in [0.25, 0.3) is 23.1 Å². The second kappa shape index (κ2) is 6.77. The fourth-order valence-corrected chi connectivity index (χ4v) is 3.16. The maximum absolute atomic E-state index is 13.1. The lowest BCUT2D eigenvalue weighted by Crippen LogP contribution is -1.87. The van der Waals surface area contributed by atoms with Crippen LogP contribution in [0.5, 0.6) is 0 Å². The molecule has 0 saturated heterocycles. The van der Waals surface area contributed by atoms with E-state index in [9.17, 15) is 4.39 Å². The molecule has 0 N–H and O–H groups in total. The second-order valence-electron chi connectivity index (χ2n) is 5.99. The standard InChI is InChI=1S/C20H15ClFN3O/c1-25-12-14(16-4-2-3-5-18(16)25)10-20-24-23-19(26-20)9-7-13-6-8-15(22)11-17(13)21/h2-9,11-12H,10H2,1H3/b9-7+. The van der Waals surface area contributed by atoms with E-state index in [1.54, 1.807) is 18.2 Å². The first-order chi connectivity index (χ1) is 12.6. The number of hydrogen-bond acceptors (Lipinski definition) is 3. The van der Waals surface area contributed by atoms with Gasteiger partial charge in [0.05, 0.1) is 11.4 Å². The molecule has 0 spiro atoms. The van der Waals surface area contributed by atoms with Gasteiger partial charge in [0.2, 0.25) is 11.8 Å². The normalized spacial score (nSPS) is 11.7. The largest absolute Gasteiger partial charge is 0.421 e. The molecule has 0 aliphatic heterocycles. The molecule has 4 rings (SSSR count). The molecular formula is C20H15ClFN3O. The molecule has 0 radical (unpaired) electrons. The third kappa shape index (κ3) is 3.26. The van der Waals surface area contributed by atoms with E-state index >= 15 is 0 Å². The second-order valence-corrected chi connectivity index (χ2v) is 6.40. The van der Waals surface area contributed by atoms with Crippen LogP contribution in [0, 0.1) is 5.82 Å². The Morgan fingerprint density at radius 3 is 2.85 bits per heavy atom. The quantitative estimate of drug-likeness (QED) is 0.503.